The van der Waals surface area contributed by atoms with Gasteiger partial charge in [0.2, 0.25) is 0 Å². The number of fused-ring (bicyclic) bond motifs is 2. The smallest absolute Gasteiger partial charge is 0 e. The van der Waals surface area contributed by atoms with Crippen LogP contribution >= 0.6 is 0 Å². The fraction of sp³-hybridized carbons (Fsp3) is 0.0769. The fourth-order valence-corrected chi connectivity index (χ4v) is 1.98. The minimum atomic E-state index is 0. The maximum Gasteiger partial charge on any atom is 0 e. The van der Waals surface area contributed by atoms with Crippen LogP contribution in [0.3, 0.4) is 0 Å². The standard InChI is InChI=1S/C13H10.Hf/c1-2-5-11-9-13-7-3-6-12(13)8-10(11)4-1;/h1-8H,9H2;. The Hall–Kier alpha value is -0.690. The maximum absolute atomic E-state index is 2.27. The van der Waals surface area contributed by atoms with E-state index in [4.69, 9.17) is 0 Å². The van der Waals surface area contributed by atoms with E-state index in [1.54, 1.807) is 0 Å². The third-order valence-electron chi connectivity index (χ3n) is 2.69. The van der Waals surface area contributed by atoms with E-state index in [0.717, 1.165) is 6.42 Å². The van der Waals surface area contributed by atoms with Gasteiger partial charge in [0.05, 0.1) is 0 Å². The first-order chi connectivity index (χ1) is 6.43. The third kappa shape index (κ3) is 1.50. The number of hydrogen-bond acceptors (Lipinski definition) is 0. The number of allylic oxidation sites excluding steroid dienone is 5. The molecule has 0 aliphatic heterocycles. The van der Waals surface area contributed by atoms with Gasteiger partial charge in [0.1, 0.15) is 0 Å². The van der Waals surface area contributed by atoms with Crippen LogP contribution in [-0.4, -0.2) is 0 Å². The molecule has 0 N–H and O–H groups in total. The summed E-state index contributed by atoms with van der Waals surface area (Å²) in [6.07, 6.45) is 9.89. The Kier molecular flexibility index (Phi) is 2.69. The van der Waals surface area contributed by atoms with Crippen LogP contribution in [0.1, 0.15) is 11.1 Å². The first kappa shape index (κ1) is 9.85. The Morgan fingerprint density at radius 2 is 1.93 bits per heavy atom. The summed E-state index contributed by atoms with van der Waals surface area (Å²) in [4.78, 5) is 0. The van der Waals surface area contributed by atoms with E-state index < -0.39 is 0 Å². The van der Waals surface area contributed by atoms with Gasteiger partial charge in [-0.05, 0) is 34.8 Å². The molecule has 2 aliphatic carbocycles. The second kappa shape index (κ2) is 3.82. The van der Waals surface area contributed by atoms with Crippen molar-refractivity contribution in [1.29, 1.82) is 0 Å². The molecule has 0 radical (unpaired) electrons. The Morgan fingerprint density at radius 3 is 2.86 bits per heavy atom. The van der Waals surface area contributed by atoms with E-state index in [1.807, 2.05) is 0 Å². The van der Waals surface area contributed by atoms with Crippen LogP contribution in [0, 0.1) is 0 Å². The van der Waals surface area contributed by atoms with Crippen LogP contribution in [0.2, 0.25) is 0 Å². The molecule has 14 heavy (non-hydrogen) atoms. The van der Waals surface area contributed by atoms with Crippen LogP contribution in [0.4, 0.5) is 0 Å². The van der Waals surface area contributed by atoms with Gasteiger partial charge in [0.25, 0.3) is 0 Å². The zero-order valence-electron chi connectivity index (χ0n) is 7.83. The molecule has 0 nitrogen and oxygen atoms in total. The molecule has 0 amide bonds. The van der Waals surface area contributed by atoms with Crippen LogP contribution in [0.5, 0.6) is 0 Å². The van der Waals surface area contributed by atoms with Gasteiger partial charge in [0.15, 0.2) is 0 Å². The van der Waals surface area contributed by atoms with Gasteiger partial charge in [-0.3, -0.25) is 0 Å². The zero-order valence-corrected chi connectivity index (χ0v) is 11.4. The molecule has 1 aromatic carbocycles. The molecule has 0 aromatic heterocycles. The summed E-state index contributed by atoms with van der Waals surface area (Å²) in [5.74, 6) is 0. The molecule has 1 aromatic rings. The van der Waals surface area contributed by atoms with E-state index in [-0.39, 0.29) is 25.8 Å². The van der Waals surface area contributed by atoms with Crippen molar-refractivity contribution < 1.29 is 25.8 Å². The summed E-state index contributed by atoms with van der Waals surface area (Å²) in [7, 11) is 0. The summed E-state index contributed by atoms with van der Waals surface area (Å²) < 4.78 is 0. The van der Waals surface area contributed by atoms with E-state index in [1.165, 1.54) is 22.3 Å². The van der Waals surface area contributed by atoms with Crippen molar-refractivity contribution in [2.45, 2.75) is 6.42 Å². The zero-order chi connectivity index (χ0) is 8.67. The predicted molar refractivity (Wildman–Crippen MR) is 55.3 cm³/mol. The first-order valence-electron chi connectivity index (χ1n) is 4.61. The van der Waals surface area contributed by atoms with Gasteiger partial charge < -0.3 is 0 Å². The van der Waals surface area contributed by atoms with Gasteiger partial charge in [-0.25, -0.2) is 0 Å². The summed E-state index contributed by atoms with van der Waals surface area (Å²) in [6.45, 7) is 0. The SMILES string of the molecule is C1=CC2=Cc3ccccc3CC2=C1.[Hf]. The Balaban J connectivity index is 0.000000750. The van der Waals surface area contributed by atoms with Crippen molar-refractivity contribution in [2.75, 3.05) is 0 Å². The molecule has 3 rings (SSSR count). The van der Waals surface area contributed by atoms with Crippen LogP contribution in [-0.2, 0) is 32.3 Å². The summed E-state index contributed by atoms with van der Waals surface area (Å²) >= 11 is 0. The molecule has 0 saturated heterocycles. The molecule has 0 unspecified atom stereocenters. The van der Waals surface area contributed by atoms with Crippen molar-refractivity contribution in [3.63, 3.8) is 0 Å². The van der Waals surface area contributed by atoms with Crippen LogP contribution in [0.25, 0.3) is 6.08 Å². The number of rotatable bonds is 0. The van der Waals surface area contributed by atoms with Crippen molar-refractivity contribution in [1.82, 2.24) is 0 Å². The topological polar surface area (TPSA) is 0 Å². The van der Waals surface area contributed by atoms with Crippen LogP contribution < -0.4 is 0 Å². The van der Waals surface area contributed by atoms with Crippen molar-refractivity contribution in [2.24, 2.45) is 0 Å². The molecule has 0 bridgehead atoms. The molecule has 0 saturated carbocycles. The van der Waals surface area contributed by atoms with E-state index in [9.17, 15) is 0 Å². The molecule has 0 heterocycles. The van der Waals surface area contributed by atoms with Crippen molar-refractivity contribution in [3.05, 3.63) is 64.8 Å². The molecule has 0 atom stereocenters. The Labute approximate surface area is 103 Å². The van der Waals surface area contributed by atoms with Crippen LogP contribution in [0.15, 0.2) is 53.6 Å². The van der Waals surface area contributed by atoms with E-state index in [0.29, 0.717) is 0 Å². The molecule has 1 heteroatoms. The molecular weight excluding hydrogens is 335 g/mol. The Morgan fingerprint density at radius 1 is 1.07 bits per heavy atom. The number of hydrogen-bond donors (Lipinski definition) is 0. The predicted octanol–water partition coefficient (Wildman–Crippen LogP) is 3.12. The fourth-order valence-electron chi connectivity index (χ4n) is 1.98. The largest absolute Gasteiger partial charge is 0.0619 e. The molecule has 2 aliphatic rings. The van der Waals surface area contributed by atoms with Gasteiger partial charge in [-0.2, -0.15) is 0 Å². The maximum atomic E-state index is 2.27. The third-order valence-corrected chi connectivity index (χ3v) is 2.69. The minimum Gasteiger partial charge on any atom is -0.0619 e. The van der Waals surface area contributed by atoms with Crippen molar-refractivity contribution >= 4 is 6.08 Å². The first-order valence-corrected chi connectivity index (χ1v) is 4.61. The average molecular weight is 345 g/mol. The minimum absolute atomic E-state index is 0. The van der Waals surface area contributed by atoms with Gasteiger partial charge in [-0.15, -0.1) is 0 Å². The Bertz CT molecular complexity index is 450. The summed E-state index contributed by atoms with van der Waals surface area (Å²) in [6, 6.07) is 8.61. The van der Waals surface area contributed by atoms with E-state index >= 15 is 0 Å². The van der Waals surface area contributed by atoms with Crippen molar-refractivity contribution in [3.8, 4) is 0 Å². The second-order valence-electron chi connectivity index (χ2n) is 3.53. The van der Waals surface area contributed by atoms with Gasteiger partial charge in [0, 0.05) is 25.8 Å². The quantitative estimate of drug-likeness (QED) is 0.634. The normalized spacial score (nSPS) is 16.3. The molecule has 66 valence electrons. The molecular formula is C13H10Hf. The molecule has 0 fully saturated rings. The number of benzene rings is 1. The average Bonchev–Trinajstić information content (AvgIpc) is 2.61. The monoisotopic (exact) mass is 346 g/mol. The summed E-state index contributed by atoms with van der Waals surface area (Å²) in [5.41, 5.74) is 5.67. The summed E-state index contributed by atoms with van der Waals surface area (Å²) in [5, 5.41) is 0. The van der Waals surface area contributed by atoms with Gasteiger partial charge >= 0.3 is 0 Å². The second-order valence-corrected chi connectivity index (χ2v) is 3.53. The van der Waals surface area contributed by atoms with Gasteiger partial charge in [-0.1, -0.05) is 42.5 Å². The molecule has 0 spiro atoms. The van der Waals surface area contributed by atoms with E-state index in [2.05, 4.69) is 48.6 Å².